The molecule has 0 aromatic heterocycles. The third-order valence-corrected chi connectivity index (χ3v) is 2.47. The Morgan fingerprint density at radius 3 is 1.50 bits per heavy atom. The zero-order valence-corrected chi connectivity index (χ0v) is 11.6. The van der Waals surface area contributed by atoms with Crippen molar-refractivity contribution in [3.05, 3.63) is 35.4 Å². The summed E-state index contributed by atoms with van der Waals surface area (Å²) in [5.41, 5.74) is 2.27. The van der Waals surface area contributed by atoms with Crippen LogP contribution in [0.3, 0.4) is 0 Å². The number of hydrogen-bond acceptors (Lipinski definition) is 4. The van der Waals surface area contributed by atoms with Crippen LogP contribution in [-0.4, -0.2) is 8.64 Å². The molecule has 2 N–H and O–H groups in total. The molecule has 0 aliphatic heterocycles. The van der Waals surface area contributed by atoms with Gasteiger partial charge in [0.15, 0.2) is 0 Å². The average Bonchev–Trinajstić information content (AvgIpc) is 2.48. The lowest BCUT2D eigenvalue weighted by Gasteiger charge is -2.11. The van der Waals surface area contributed by atoms with Crippen molar-refractivity contribution in [2.75, 3.05) is 0 Å². The monoisotopic (exact) mass is 328 g/mol. The molecule has 0 spiro atoms. The van der Waals surface area contributed by atoms with Gasteiger partial charge in [0.1, 0.15) is 0 Å². The van der Waals surface area contributed by atoms with Crippen LogP contribution in [-0.2, 0) is 38.3 Å². The summed E-state index contributed by atoms with van der Waals surface area (Å²) >= 11 is 19.0. The molecule has 1 rings (SSSR count). The molecule has 0 bridgehead atoms. The number of hydrogen-bond donors (Lipinski definition) is 2. The van der Waals surface area contributed by atoms with E-state index in [-0.39, 0.29) is 14.9 Å². The molecule has 1 aromatic rings. The first-order valence-electron chi connectivity index (χ1n) is 6.55. The minimum absolute atomic E-state index is 0. The summed E-state index contributed by atoms with van der Waals surface area (Å²) in [6.45, 7) is 1.32. The van der Waals surface area contributed by atoms with E-state index in [2.05, 4.69) is 10.6 Å². The van der Waals surface area contributed by atoms with E-state index in [0.29, 0.717) is 21.7 Å². The Hall–Kier alpha value is -0.560. The van der Waals surface area contributed by atoms with Gasteiger partial charge < -0.3 is 60.3 Å². The number of nitrogens with one attached hydrogen (secondary N) is 2. The quantitative estimate of drug-likeness (QED) is 0.650. The fourth-order valence-electron chi connectivity index (χ4n) is 1.12. The summed E-state index contributed by atoms with van der Waals surface area (Å²) in [5.74, 6) is 0. The first-order chi connectivity index (χ1) is 9.58. The fourth-order valence-corrected chi connectivity index (χ4v) is 1.41. The van der Waals surface area contributed by atoms with Gasteiger partial charge in [-0.3, -0.25) is 0 Å². The molecule has 0 aliphatic carbocycles. The van der Waals surface area contributed by atoms with Gasteiger partial charge in [-0.05, 0) is 11.1 Å². The molecule has 1 aromatic carbocycles. The minimum Gasteiger partial charge on any atom is -0.412 e. The molecular formula is C12H22N2S4-2. The van der Waals surface area contributed by atoms with E-state index in [1.807, 2.05) is 24.3 Å². The van der Waals surface area contributed by atoms with Crippen LogP contribution >= 0.6 is 24.4 Å². The molecule has 0 unspecified atom stereocenters. The lowest BCUT2D eigenvalue weighted by Crippen LogP contribution is -2.19. The SMILES string of the molecule is C.C.S=C([S-])NCc1ccc(CNC(=S)[S-])cc1.[2H][3H].[2H][3H]. The molecule has 2 nitrogen and oxygen atoms in total. The van der Waals surface area contributed by atoms with Gasteiger partial charge in [-0.25, -0.2) is 0 Å². The van der Waals surface area contributed by atoms with Gasteiger partial charge in [0.2, 0.25) is 0 Å². The summed E-state index contributed by atoms with van der Waals surface area (Å²) in [4.78, 5) is 0. The van der Waals surface area contributed by atoms with Gasteiger partial charge in [0.05, 0.1) is 0 Å². The first kappa shape index (κ1) is 15.5. The maximum Gasteiger partial charge on any atom is 0.0385 e. The van der Waals surface area contributed by atoms with Crippen LogP contribution in [0.25, 0.3) is 0 Å². The Morgan fingerprint density at radius 1 is 1.00 bits per heavy atom. The molecule has 0 saturated carbocycles. The van der Waals surface area contributed by atoms with E-state index in [9.17, 15) is 0 Å². The van der Waals surface area contributed by atoms with E-state index in [0.717, 1.165) is 11.1 Å². The van der Waals surface area contributed by atoms with Crippen LogP contribution in [0.2, 0.25) is 0 Å². The van der Waals surface area contributed by atoms with Crippen molar-refractivity contribution in [2.45, 2.75) is 27.9 Å². The molecule has 0 saturated heterocycles. The van der Waals surface area contributed by atoms with Gasteiger partial charge in [0.25, 0.3) is 0 Å². The normalized spacial score (nSPS) is 9.33. The summed E-state index contributed by atoms with van der Waals surface area (Å²) in [5, 5.41) is 5.85. The zero-order valence-electron chi connectivity index (χ0n) is 12.4. The lowest BCUT2D eigenvalue weighted by atomic mass is 10.1. The van der Waals surface area contributed by atoms with E-state index >= 15 is 0 Å². The second-order valence-electron chi connectivity index (χ2n) is 3.10. The van der Waals surface area contributed by atoms with Crippen molar-refractivity contribution in [3.63, 3.8) is 0 Å². The fraction of sp³-hybridized carbons (Fsp3) is 0.333. The molecule has 0 fully saturated rings. The van der Waals surface area contributed by atoms with Crippen molar-refractivity contribution in [3.8, 4) is 0 Å². The maximum absolute atomic E-state index is 5.00. The van der Waals surface area contributed by atoms with Crippen LogP contribution in [0.15, 0.2) is 24.3 Å². The van der Waals surface area contributed by atoms with Gasteiger partial charge in [-0.2, -0.15) is 0 Å². The number of thiocarbonyl (C=S) groups is 2. The van der Waals surface area contributed by atoms with Gasteiger partial charge in [-0.1, -0.05) is 47.8 Å². The Labute approximate surface area is 138 Å². The summed E-state index contributed by atoms with van der Waals surface area (Å²) in [6.07, 6.45) is 0. The first-order valence-corrected chi connectivity index (χ1v) is 6.19. The number of benzene rings is 1. The molecule has 0 heterocycles. The standard InChI is InChI=1S/C10H12N2S4.2CH4.2H2/c13-9(14)11-5-7-1-2-8(4-3-7)6-12-10(15)16;;;;/h1-4H,5-6H2,(H2,11,13,14)(H2,12,15,16);2*1H4;2*1H/p-2/i;;;2*1+2D. The zero-order chi connectivity index (χ0) is 16.0. The highest BCUT2D eigenvalue weighted by atomic mass is 32.1. The Kier molecular flexibility index (Phi) is 8.93. The van der Waals surface area contributed by atoms with E-state index in [4.69, 9.17) is 55.6 Å². The second-order valence-corrected chi connectivity index (χ2v) is 5.25. The molecule has 6 heteroatoms. The van der Waals surface area contributed by atoms with Crippen molar-refractivity contribution in [1.29, 1.82) is 0 Å². The molecular weight excluding hydrogens is 300 g/mol. The molecule has 106 valence electrons. The minimum atomic E-state index is 0. The second kappa shape index (κ2) is 10.4. The summed E-state index contributed by atoms with van der Waals surface area (Å²) in [6, 6.07) is 8.07. The molecule has 0 radical (unpaired) electrons. The predicted octanol–water partition coefficient (Wildman–Crippen LogP) is 3.29. The smallest absolute Gasteiger partial charge is 0.0385 e. The Morgan fingerprint density at radius 2 is 1.28 bits per heavy atom. The van der Waals surface area contributed by atoms with Gasteiger partial charge in [0, 0.05) is 19.0 Å². The highest BCUT2D eigenvalue weighted by Crippen LogP contribution is 2.04. The molecule has 0 aliphatic rings. The third kappa shape index (κ3) is 8.52. The van der Waals surface area contributed by atoms with Gasteiger partial charge >= 0.3 is 0 Å². The Balaban J connectivity index is -0.000000249. The number of rotatable bonds is 4. The highest BCUT2D eigenvalue weighted by molar-refractivity contribution is 8.00. The maximum atomic E-state index is 5.00. The topological polar surface area (TPSA) is 24.1 Å². The molecule has 18 heavy (non-hydrogen) atoms. The average molecular weight is 329 g/mol. The highest BCUT2D eigenvalue weighted by Gasteiger charge is 1.93. The van der Waals surface area contributed by atoms with Crippen LogP contribution in [0.4, 0.5) is 0 Å². The summed E-state index contributed by atoms with van der Waals surface area (Å²) in [7, 11) is 0. The van der Waals surface area contributed by atoms with Crippen LogP contribution in [0, 0.1) is 0 Å². The largest absolute Gasteiger partial charge is 0.412 e. The lowest BCUT2D eigenvalue weighted by molar-refractivity contribution is 0.919. The van der Waals surface area contributed by atoms with Crippen molar-refractivity contribution in [2.24, 2.45) is 0 Å². The summed E-state index contributed by atoms with van der Waals surface area (Å²) < 4.78 is 20.8. The van der Waals surface area contributed by atoms with Crippen molar-refractivity contribution in [1.82, 2.24) is 10.6 Å². The third-order valence-electron chi connectivity index (χ3n) is 1.90. The van der Waals surface area contributed by atoms with E-state index < -0.39 is 0 Å². The van der Waals surface area contributed by atoms with Crippen molar-refractivity contribution < 1.29 is 5.94 Å². The van der Waals surface area contributed by atoms with Gasteiger partial charge in [-0.15, -0.1) is 0 Å². The Bertz CT molecular complexity index is 354. The van der Waals surface area contributed by atoms with E-state index in [1.54, 1.807) is 0 Å². The predicted molar refractivity (Wildman–Crippen MR) is 97.7 cm³/mol. The van der Waals surface area contributed by atoms with Crippen LogP contribution in [0.5, 0.6) is 0 Å². The molecule has 0 amide bonds. The van der Waals surface area contributed by atoms with Crippen LogP contribution in [0.1, 0.15) is 31.9 Å². The van der Waals surface area contributed by atoms with E-state index in [1.165, 1.54) is 0 Å². The van der Waals surface area contributed by atoms with Crippen molar-refractivity contribution >= 4 is 58.3 Å². The van der Waals surface area contributed by atoms with Crippen LogP contribution < -0.4 is 10.6 Å². The molecule has 0 atom stereocenters.